The van der Waals surface area contributed by atoms with E-state index in [1.165, 1.54) is 11.4 Å². The molecule has 7 heteroatoms. The molecule has 0 fully saturated rings. The zero-order chi connectivity index (χ0) is 15.8. The molecule has 0 saturated carbocycles. The number of halogens is 2. The average Bonchev–Trinajstić information content (AvgIpc) is 2.36. The van der Waals surface area contributed by atoms with Gasteiger partial charge in [0.05, 0.1) is 5.69 Å². The minimum absolute atomic E-state index is 0.153. The lowest BCUT2D eigenvalue weighted by molar-refractivity contribution is 0.593. The zero-order valence-electron chi connectivity index (χ0n) is 11.5. The van der Waals surface area contributed by atoms with Gasteiger partial charge in [-0.15, -0.1) is 0 Å². The van der Waals surface area contributed by atoms with E-state index in [9.17, 15) is 8.42 Å². The molecule has 0 aliphatic heterocycles. The van der Waals surface area contributed by atoms with Gasteiger partial charge in [-0.2, -0.15) is 0 Å². The van der Waals surface area contributed by atoms with E-state index in [0.29, 0.717) is 20.3 Å². The first-order valence-electron chi connectivity index (χ1n) is 6.03. The van der Waals surface area contributed by atoms with Crippen molar-refractivity contribution >= 4 is 53.3 Å². The number of hydrogen-bond acceptors (Lipinski definition) is 3. The van der Waals surface area contributed by atoms with Crippen molar-refractivity contribution in [2.24, 2.45) is 0 Å². The Morgan fingerprint density at radius 2 is 1.67 bits per heavy atom. The summed E-state index contributed by atoms with van der Waals surface area (Å²) in [4.78, 5) is 0.153. The third-order valence-electron chi connectivity index (χ3n) is 3.00. The molecule has 21 heavy (non-hydrogen) atoms. The van der Waals surface area contributed by atoms with Crippen LogP contribution in [0, 0.1) is 6.92 Å². The maximum absolute atomic E-state index is 12.8. The van der Waals surface area contributed by atoms with Gasteiger partial charge in [-0.05, 0) is 68.6 Å². The summed E-state index contributed by atoms with van der Waals surface area (Å²) in [7, 11) is -2.18. The highest BCUT2D eigenvalue weighted by Gasteiger charge is 2.27. The molecule has 2 rings (SSSR count). The lowest BCUT2D eigenvalue weighted by Crippen LogP contribution is -2.27. The monoisotopic (exact) mass is 432 g/mol. The van der Waals surface area contributed by atoms with Crippen molar-refractivity contribution in [1.29, 1.82) is 0 Å². The molecule has 0 saturated heterocycles. The lowest BCUT2D eigenvalue weighted by Gasteiger charge is -2.21. The predicted molar refractivity (Wildman–Crippen MR) is 93.0 cm³/mol. The number of benzene rings is 2. The second-order valence-corrected chi connectivity index (χ2v) is 8.24. The summed E-state index contributed by atoms with van der Waals surface area (Å²) < 4.78 is 27.7. The van der Waals surface area contributed by atoms with Crippen LogP contribution in [0.4, 0.5) is 11.4 Å². The first-order chi connectivity index (χ1) is 9.73. The number of nitrogens with zero attached hydrogens (tertiary/aromatic N) is 1. The maximum Gasteiger partial charge on any atom is 0.266 e. The average molecular weight is 434 g/mol. The topological polar surface area (TPSA) is 63.4 Å². The largest absolute Gasteiger partial charge is 0.399 e. The maximum atomic E-state index is 12.8. The number of aryl methyl sites for hydroxylation is 1. The van der Waals surface area contributed by atoms with Crippen molar-refractivity contribution in [1.82, 2.24) is 0 Å². The fraction of sp³-hybridized carbons (Fsp3) is 0.143. The van der Waals surface area contributed by atoms with Crippen LogP contribution in [-0.2, 0) is 10.0 Å². The Morgan fingerprint density at radius 3 is 2.19 bits per heavy atom. The van der Waals surface area contributed by atoms with E-state index in [-0.39, 0.29) is 4.90 Å². The standard InChI is InChI=1S/C14H14Br2N2O2S/c1-9-4-3-5-11(6-9)18(2)21(19,20)14-12(15)7-10(17)8-13(14)16/h3-8H,17H2,1-2H3. The summed E-state index contributed by atoms with van der Waals surface area (Å²) in [5.41, 5.74) is 7.78. The molecular weight excluding hydrogens is 420 g/mol. The summed E-state index contributed by atoms with van der Waals surface area (Å²) in [6, 6.07) is 10.5. The molecular formula is C14H14Br2N2O2S. The van der Waals surface area contributed by atoms with E-state index in [4.69, 9.17) is 5.73 Å². The highest BCUT2D eigenvalue weighted by molar-refractivity contribution is 9.11. The van der Waals surface area contributed by atoms with Crippen molar-refractivity contribution in [3.8, 4) is 0 Å². The highest BCUT2D eigenvalue weighted by atomic mass is 79.9. The molecule has 112 valence electrons. The van der Waals surface area contributed by atoms with Crippen molar-refractivity contribution in [2.45, 2.75) is 11.8 Å². The molecule has 0 spiro atoms. The van der Waals surface area contributed by atoms with E-state index in [1.54, 1.807) is 18.2 Å². The second kappa shape index (κ2) is 5.98. The van der Waals surface area contributed by atoms with Gasteiger partial charge in [0.15, 0.2) is 0 Å². The molecule has 0 aliphatic rings. The Labute approximate surface area is 141 Å². The van der Waals surface area contributed by atoms with Crippen LogP contribution in [0.3, 0.4) is 0 Å². The third-order valence-corrected chi connectivity index (χ3v) is 6.67. The molecule has 0 heterocycles. The Kier molecular flexibility index (Phi) is 4.65. The van der Waals surface area contributed by atoms with Crippen LogP contribution in [-0.4, -0.2) is 15.5 Å². The SMILES string of the molecule is Cc1cccc(N(C)S(=O)(=O)c2c(Br)cc(N)cc2Br)c1. The molecule has 0 radical (unpaired) electrons. The van der Waals surface area contributed by atoms with Gasteiger partial charge in [-0.1, -0.05) is 12.1 Å². The first-order valence-corrected chi connectivity index (χ1v) is 9.06. The molecule has 0 aliphatic carbocycles. The van der Waals surface area contributed by atoms with Gasteiger partial charge in [0, 0.05) is 21.7 Å². The number of nitrogens with two attached hydrogens (primary N) is 1. The predicted octanol–water partition coefficient (Wildman–Crippen LogP) is 3.93. The van der Waals surface area contributed by atoms with Crippen LogP contribution >= 0.6 is 31.9 Å². The molecule has 0 atom stereocenters. The fourth-order valence-electron chi connectivity index (χ4n) is 1.93. The third kappa shape index (κ3) is 3.25. The van der Waals surface area contributed by atoms with Gasteiger partial charge in [0.1, 0.15) is 4.90 Å². The zero-order valence-corrected chi connectivity index (χ0v) is 15.5. The van der Waals surface area contributed by atoms with Gasteiger partial charge < -0.3 is 5.73 Å². The smallest absolute Gasteiger partial charge is 0.266 e. The Balaban J connectivity index is 2.57. The van der Waals surface area contributed by atoms with Crippen LogP contribution in [0.15, 0.2) is 50.2 Å². The fourth-order valence-corrected chi connectivity index (χ4v) is 5.65. The van der Waals surface area contributed by atoms with Crippen LogP contribution in [0.5, 0.6) is 0 Å². The van der Waals surface area contributed by atoms with E-state index >= 15 is 0 Å². The van der Waals surface area contributed by atoms with E-state index in [2.05, 4.69) is 31.9 Å². The summed E-state index contributed by atoms with van der Waals surface area (Å²) in [5, 5.41) is 0. The number of anilines is 2. The molecule has 2 aromatic rings. The molecule has 2 aromatic carbocycles. The molecule has 2 N–H and O–H groups in total. The number of hydrogen-bond donors (Lipinski definition) is 1. The summed E-state index contributed by atoms with van der Waals surface area (Å²) in [6.07, 6.45) is 0. The van der Waals surface area contributed by atoms with Crippen LogP contribution in [0.25, 0.3) is 0 Å². The van der Waals surface area contributed by atoms with Crippen molar-refractivity contribution in [2.75, 3.05) is 17.1 Å². The van der Waals surface area contributed by atoms with Crippen LogP contribution in [0.2, 0.25) is 0 Å². The van der Waals surface area contributed by atoms with Gasteiger partial charge in [0.25, 0.3) is 10.0 Å². The minimum atomic E-state index is -3.70. The molecule has 0 amide bonds. The minimum Gasteiger partial charge on any atom is -0.399 e. The molecule has 0 aromatic heterocycles. The molecule has 4 nitrogen and oxygen atoms in total. The summed E-state index contributed by atoms with van der Waals surface area (Å²) in [6.45, 7) is 1.92. The highest BCUT2D eigenvalue weighted by Crippen LogP contribution is 2.35. The normalized spacial score (nSPS) is 11.4. The Hall–Kier alpha value is -1.05. The quantitative estimate of drug-likeness (QED) is 0.746. The molecule has 0 unspecified atom stereocenters. The second-order valence-electron chi connectivity index (χ2n) is 4.63. The first kappa shape index (κ1) is 16.3. The van der Waals surface area contributed by atoms with Crippen LogP contribution in [0.1, 0.15) is 5.56 Å². The van der Waals surface area contributed by atoms with E-state index < -0.39 is 10.0 Å². The van der Waals surface area contributed by atoms with Gasteiger partial charge >= 0.3 is 0 Å². The van der Waals surface area contributed by atoms with Gasteiger partial charge in [0.2, 0.25) is 0 Å². The Morgan fingerprint density at radius 1 is 1.10 bits per heavy atom. The number of sulfonamides is 1. The Bertz CT molecular complexity index is 768. The molecule has 0 bridgehead atoms. The number of nitrogen functional groups attached to an aromatic ring is 1. The van der Waals surface area contributed by atoms with Crippen molar-refractivity contribution < 1.29 is 8.42 Å². The van der Waals surface area contributed by atoms with Crippen molar-refractivity contribution in [3.63, 3.8) is 0 Å². The van der Waals surface area contributed by atoms with E-state index in [1.807, 2.05) is 25.1 Å². The summed E-state index contributed by atoms with van der Waals surface area (Å²) in [5.74, 6) is 0. The van der Waals surface area contributed by atoms with Gasteiger partial charge in [-0.25, -0.2) is 8.42 Å². The van der Waals surface area contributed by atoms with Gasteiger partial charge in [-0.3, -0.25) is 4.31 Å². The summed E-state index contributed by atoms with van der Waals surface area (Å²) >= 11 is 6.55. The van der Waals surface area contributed by atoms with Crippen molar-refractivity contribution in [3.05, 3.63) is 50.9 Å². The lowest BCUT2D eigenvalue weighted by atomic mass is 10.2. The number of rotatable bonds is 3. The van der Waals surface area contributed by atoms with Crippen LogP contribution < -0.4 is 10.0 Å². The van der Waals surface area contributed by atoms with E-state index in [0.717, 1.165) is 5.56 Å².